The van der Waals surface area contributed by atoms with Gasteiger partial charge in [0.2, 0.25) is 0 Å². The van der Waals surface area contributed by atoms with Crippen molar-refractivity contribution in [1.82, 2.24) is 0 Å². The molecule has 0 fully saturated rings. The van der Waals surface area contributed by atoms with Gasteiger partial charge in [0.25, 0.3) is 0 Å². The number of hydrogen-bond donors (Lipinski definition) is 0. The van der Waals surface area contributed by atoms with Crippen molar-refractivity contribution in [3.8, 4) is 0 Å². The molecule has 0 unspecified atom stereocenters. The number of aryl methyl sites for hydroxylation is 12. The van der Waals surface area contributed by atoms with Crippen molar-refractivity contribution in [3.05, 3.63) is 425 Å². The highest BCUT2D eigenvalue weighted by molar-refractivity contribution is 5.32. The van der Waals surface area contributed by atoms with Crippen LogP contribution >= 0.6 is 0 Å². The minimum atomic E-state index is 0.625. The van der Waals surface area contributed by atoms with E-state index in [1.807, 2.05) is 0 Å². The lowest BCUT2D eigenvalue weighted by atomic mass is 10.1. The van der Waals surface area contributed by atoms with Crippen LogP contribution < -0.4 is 0 Å². The molecule has 0 radical (unpaired) electrons. The predicted molar refractivity (Wildman–Crippen MR) is 451 cm³/mol. The number of rotatable bonds is 30. The maximum Gasteiger partial charge on any atom is 0.0724 e. The van der Waals surface area contributed by atoms with Gasteiger partial charge in [-0.25, -0.2) is 0 Å². The van der Waals surface area contributed by atoms with Gasteiger partial charge in [-0.1, -0.05) is 325 Å². The quantitative estimate of drug-likeness (QED) is 0.0416. The lowest BCUT2D eigenvalue weighted by molar-refractivity contribution is 0.0339. The highest BCUT2D eigenvalue weighted by atomic mass is 16.5. The number of benzene rings is 12. The Bertz CT molecular complexity index is 4200. The molecule has 0 aliphatic rings. The van der Waals surface area contributed by atoms with E-state index in [0.717, 1.165) is 39.1 Å². The summed E-state index contributed by atoms with van der Waals surface area (Å²) < 4.78 is 39.9. The summed E-state index contributed by atoms with van der Waals surface area (Å²) in [6.07, 6.45) is 2.94. The summed E-state index contributed by atoms with van der Waals surface area (Å²) in [7, 11) is 0. The van der Waals surface area contributed by atoms with E-state index in [9.17, 15) is 0 Å². The molecule has 0 atom stereocenters. The van der Waals surface area contributed by atoms with Crippen LogP contribution in [0.2, 0.25) is 0 Å². The van der Waals surface area contributed by atoms with Gasteiger partial charge in [0.05, 0.1) is 92.5 Å². The fourth-order valence-electron chi connectivity index (χ4n) is 11.2. The van der Waals surface area contributed by atoms with Gasteiger partial charge in [-0.05, 0) is 202 Å². The molecule has 0 aromatic heterocycles. The molecule has 12 aromatic carbocycles. The Morgan fingerprint density at radius 1 is 0.148 bits per heavy atom. The second-order valence-corrected chi connectivity index (χ2v) is 28.0. The van der Waals surface area contributed by atoms with Gasteiger partial charge in [0, 0.05) is 0 Å². The lowest BCUT2D eigenvalue weighted by Gasteiger charge is -2.08. The molecule has 0 N–H and O–H groups in total. The first-order valence-corrected chi connectivity index (χ1v) is 38.2. The van der Waals surface area contributed by atoms with Gasteiger partial charge in [-0.2, -0.15) is 0 Å². The van der Waals surface area contributed by atoms with Crippen LogP contribution in [-0.2, 0) is 112 Å². The standard InChI is InChI=1S/C18H22O2.3C17H20O.2C16H18O/c1-15-3-7-17(8-4-15)13-19-11-12-20-14-18-9-5-16(2)6-10-18;1-14-3-7-16(8-4-14)11-12-18-13-17-9-5-15(2)6-10-17;1-14-7-3-5-9-16(14)11-12-18-13-17-10-6-4-8-15(17)2;1-14-7-9-16(10-8-14)11-12-18-13-17-6-4-3-5-15(17)2;1-13-7-3-5-9-15(13)11-17-12-16-10-6-4-8-14(16)2;1-13-7-9-15(10-8-13)11-17-12-16-6-4-3-5-14(16)2/h3-10H,11-14H2,1-2H3;3*3-10H,11-13H2,1-2H3;2*3-10H,11-12H2,1-2H3. The zero-order valence-electron chi connectivity index (χ0n) is 66.6. The van der Waals surface area contributed by atoms with Crippen LogP contribution in [0.25, 0.3) is 0 Å². The maximum atomic E-state index is 5.77. The molecule has 12 aromatic rings. The van der Waals surface area contributed by atoms with Crippen molar-refractivity contribution in [3.63, 3.8) is 0 Å². The van der Waals surface area contributed by atoms with Gasteiger partial charge in [0.1, 0.15) is 0 Å². The minimum absolute atomic E-state index is 0.625. The highest BCUT2D eigenvalue weighted by Crippen LogP contribution is 2.18. The molecule has 0 saturated carbocycles. The second-order valence-electron chi connectivity index (χ2n) is 28.0. The van der Waals surface area contributed by atoms with Gasteiger partial charge < -0.3 is 33.2 Å². The summed E-state index contributed by atoms with van der Waals surface area (Å²) in [4.78, 5) is 0. The zero-order valence-corrected chi connectivity index (χ0v) is 66.6. The summed E-state index contributed by atoms with van der Waals surface area (Å²) in [5.41, 5.74) is 30.8. The van der Waals surface area contributed by atoms with Gasteiger partial charge in [-0.3, -0.25) is 0 Å². The summed E-state index contributed by atoms with van der Waals surface area (Å²) in [6.45, 7) is 35.0. The van der Waals surface area contributed by atoms with Crippen molar-refractivity contribution in [1.29, 1.82) is 0 Å². The molecular weight excluding hydrogens is 1330 g/mol. The average molecular weight is 1440 g/mol. The summed E-state index contributed by atoms with van der Waals surface area (Å²) >= 11 is 0. The molecule has 0 spiro atoms. The first-order valence-electron chi connectivity index (χ1n) is 38.2. The van der Waals surface area contributed by atoms with Crippen molar-refractivity contribution in [2.45, 2.75) is 162 Å². The monoisotopic (exact) mass is 1440 g/mol. The predicted octanol–water partition coefficient (Wildman–Crippen LogP) is 24.3. The van der Waals surface area contributed by atoms with Crippen molar-refractivity contribution in [2.75, 3.05) is 33.0 Å². The van der Waals surface area contributed by atoms with E-state index in [0.29, 0.717) is 72.7 Å². The molecule has 12 rings (SSSR count). The molecule has 0 aliphatic carbocycles. The summed E-state index contributed by atoms with van der Waals surface area (Å²) in [5, 5.41) is 0. The largest absolute Gasteiger partial charge is 0.376 e. The molecule has 7 nitrogen and oxygen atoms in total. The molecule has 0 amide bonds. The van der Waals surface area contributed by atoms with E-state index < -0.39 is 0 Å². The molecule has 0 bridgehead atoms. The SMILES string of the molecule is Cc1ccc(CCOCc2ccc(C)cc2)cc1.Cc1ccc(CCOCc2ccccc2C)cc1.Cc1ccc(COCCOCc2ccc(C)cc2)cc1.Cc1ccc(COCc2ccccc2C)cc1.Cc1ccccc1CCOCc1ccccc1C.Cc1ccccc1COCc1ccccc1C. The highest BCUT2D eigenvalue weighted by Gasteiger charge is 2.05. The lowest BCUT2D eigenvalue weighted by Crippen LogP contribution is -2.04. The van der Waals surface area contributed by atoms with E-state index in [1.54, 1.807) is 0 Å². The maximum absolute atomic E-state index is 5.77. The molecule has 564 valence electrons. The molecule has 108 heavy (non-hydrogen) atoms. The van der Waals surface area contributed by atoms with Crippen LogP contribution in [0.1, 0.15) is 134 Å². The van der Waals surface area contributed by atoms with Crippen LogP contribution in [-0.4, -0.2) is 33.0 Å². The van der Waals surface area contributed by atoms with Gasteiger partial charge in [-0.15, -0.1) is 0 Å². The average Bonchev–Trinajstić information content (AvgIpc) is 0.899. The third-order valence-electron chi connectivity index (χ3n) is 18.6. The fourth-order valence-corrected chi connectivity index (χ4v) is 11.2. The van der Waals surface area contributed by atoms with E-state index in [4.69, 9.17) is 33.2 Å². The number of ether oxygens (including phenoxy) is 7. The molecule has 0 saturated heterocycles. The van der Waals surface area contributed by atoms with Gasteiger partial charge in [0.15, 0.2) is 0 Å². The Morgan fingerprint density at radius 2 is 0.324 bits per heavy atom. The van der Waals surface area contributed by atoms with Crippen molar-refractivity contribution < 1.29 is 33.2 Å². The molecule has 0 aliphatic heterocycles. The van der Waals surface area contributed by atoms with Crippen LogP contribution in [0.5, 0.6) is 0 Å². The van der Waals surface area contributed by atoms with Crippen LogP contribution in [0.3, 0.4) is 0 Å². The molecular formula is C101H118O7. The van der Waals surface area contributed by atoms with Crippen LogP contribution in [0.4, 0.5) is 0 Å². The van der Waals surface area contributed by atoms with E-state index in [1.165, 1.54) is 134 Å². The third-order valence-corrected chi connectivity index (χ3v) is 18.6. The Kier molecular flexibility index (Phi) is 39.7. The topological polar surface area (TPSA) is 64.6 Å². The van der Waals surface area contributed by atoms with E-state index in [2.05, 4.69) is 374 Å². The number of hydrogen-bond acceptors (Lipinski definition) is 7. The Hall–Kier alpha value is -9.64. The third kappa shape index (κ3) is 34.9. The first kappa shape index (κ1) is 85.6. The van der Waals surface area contributed by atoms with E-state index in [-0.39, 0.29) is 0 Å². The fraction of sp³-hybridized carbons (Fsp3) is 0.287. The first-order chi connectivity index (χ1) is 52.5. The Morgan fingerprint density at radius 3 is 0.574 bits per heavy atom. The van der Waals surface area contributed by atoms with Crippen LogP contribution in [0, 0.1) is 83.1 Å². The van der Waals surface area contributed by atoms with Crippen molar-refractivity contribution in [2.24, 2.45) is 0 Å². The van der Waals surface area contributed by atoms with Crippen molar-refractivity contribution >= 4 is 0 Å². The summed E-state index contributed by atoms with van der Waals surface area (Å²) in [5.74, 6) is 0. The Labute approximate surface area is 648 Å². The molecule has 7 heteroatoms. The zero-order chi connectivity index (χ0) is 76.8. The Balaban J connectivity index is 0.000000181. The summed E-state index contributed by atoms with van der Waals surface area (Å²) in [6, 6.07) is 101. The molecule has 0 heterocycles. The van der Waals surface area contributed by atoms with E-state index >= 15 is 0 Å². The second kappa shape index (κ2) is 50.1. The van der Waals surface area contributed by atoms with Gasteiger partial charge >= 0.3 is 0 Å². The smallest absolute Gasteiger partial charge is 0.0724 e. The normalized spacial score (nSPS) is 10.6. The van der Waals surface area contributed by atoms with Crippen LogP contribution in [0.15, 0.2) is 291 Å². The minimum Gasteiger partial charge on any atom is -0.376 e.